The van der Waals surface area contributed by atoms with Crippen molar-refractivity contribution in [1.29, 1.82) is 0 Å². The topological polar surface area (TPSA) is 30.7 Å². The molecule has 6 aromatic carbocycles. The van der Waals surface area contributed by atoms with Gasteiger partial charge in [0.1, 0.15) is 0 Å². The summed E-state index contributed by atoms with van der Waals surface area (Å²) in [5, 5.41) is 5.99. The first-order valence-corrected chi connectivity index (χ1v) is 14.9. The standard InChI is InChI=1S/C38H23N3S/c1-2-11-24(12-3-1)25-21-22-34-31(23-25)26-13-5-8-19-33(26)41(34)38-39-32-18-7-4-15-29(32)36(40-38)30-17-10-16-28-27-14-6-9-20-35(27)42-37(28)30/h1-23H. The van der Waals surface area contributed by atoms with Gasteiger partial charge < -0.3 is 0 Å². The van der Waals surface area contributed by atoms with E-state index in [4.69, 9.17) is 9.97 Å². The highest BCUT2D eigenvalue weighted by Gasteiger charge is 2.19. The predicted octanol–water partition coefficient (Wildman–Crippen LogP) is 10.4. The molecule has 42 heavy (non-hydrogen) atoms. The highest BCUT2D eigenvalue weighted by molar-refractivity contribution is 7.26. The molecule has 0 radical (unpaired) electrons. The Kier molecular flexibility index (Phi) is 5.07. The van der Waals surface area contributed by atoms with Crippen LogP contribution in [0.1, 0.15) is 0 Å². The lowest BCUT2D eigenvalue weighted by atomic mass is 10.0. The minimum Gasteiger partial charge on any atom is -0.278 e. The average Bonchev–Trinajstić information content (AvgIpc) is 3.60. The van der Waals surface area contributed by atoms with Gasteiger partial charge in [-0.3, -0.25) is 4.57 Å². The van der Waals surface area contributed by atoms with Gasteiger partial charge in [0.25, 0.3) is 0 Å². The minimum absolute atomic E-state index is 0.681. The molecule has 0 fully saturated rings. The number of aromatic nitrogens is 3. The van der Waals surface area contributed by atoms with E-state index in [1.807, 2.05) is 11.3 Å². The molecule has 0 atom stereocenters. The van der Waals surface area contributed by atoms with Gasteiger partial charge in [-0.25, -0.2) is 9.97 Å². The van der Waals surface area contributed by atoms with Gasteiger partial charge in [-0.1, -0.05) is 109 Å². The molecule has 9 rings (SSSR count). The third-order valence-corrected chi connectivity index (χ3v) is 9.45. The van der Waals surface area contributed by atoms with Gasteiger partial charge in [-0.15, -0.1) is 11.3 Å². The zero-order chi connectivity index (χ0) is 27.6. The zero-order valence-corrected chi connectivity index (χ0v) is 23.3. The number of hydrogen-bond donors (Lipinski definition) is 0. The van der Waals surface area contributed by atoms with E-state index < -0.39 is 0 Å². The van der Waals surface area contributed by atoms with E-state index in [1.54, 1.807) is 0 Å². The van der Waals surface area contributed by atoms with Crippen LogP contribution in [0.15, 0.2) is 140 Å². The molecular formula is C38H23N3S. The van der Waals surface area contributed by atoms with Gasteiger partial charge in [-0.05, 0) is 41.5 Å². The van der Waals surface area contributed by atoms with Gasteiger partial charge in [0, 0.05) is 41.9 Å². The average molecular weight is 554 g/mol. The summed E-state index contributed by atoms with van der Waals surface area (Å²) in [5.74, 6) is 0.681. The van der Waals surface area contributed by atoms with Gasteiger partial charge in [0.2, 0.25) is 5.95 Å². The van der Waals surface area contributed by atoms with E-state index in [2.05, 4.69) is 144 Å². The van der Waals surface area contributed by atoms with E-state index in [9.17, 15) is 0 Å². The van der Waals surface area contributed by atoms with E-state index in [0.717, 1.165) is 33.2 Å². The van der Waals surface area contributed by atoms with E-state index >= 15 is 0 Å². The molecule has 3 heterocycles. The number of rotatable bonds is 3. The summed E-state index contributed by atoms with van der Waals surface area (Å²) in [7, 11) is 0. The summed E-state index contributed by atoms with van der Waals surface area (Å²) in [5.41, 5.74) is 7.62. The Hall–Kier alpha value is -5.32. The molecule has 196 valence electrons. The van der Waals surface area contributed by atoms with E-state index in [-0.39, 0.29) is 0 Å². The second-order valence-corrected chi connectivity index (χ2v) is 11.7. The maximum atomic E-state index is 5.37. The number of hydrogen-bond acceptors (Lipinski definition) is 3. The molecular weight excluding hydrogens is 531 g/mol. The first kappa shape index (κ1) is 23.4. The number of para-hydroxylation sites is 2. The van der Waals surface area contributed by atoms with Crippen molar-refractivity contribution in [2.75, 3.05) is 0 Å². The fourth-order valence-corrected chi connectivity index (χ4v) is 7.52. The summed E-state index contributed by atoms with van der Waals surface area (Å²) in [4.78, 5) is 10.5. The fraction of sp³-hybridized carbons (Fsp3) is 0. The molecule has 0 bridgehead atoms. The summed E-state index contributed by atoms with van der Waals surface area (Å²) >= 11 is 1.83. The van der Waals surface area contributed by atoms with Crippen molar-refractivity contribution in [3.05, 3.63) is 140 Å². The molecule has 0 amide bonds. The molecule has 0 spiro atoms. The number of nitrogens with zero attached hydrogens (tertiary/aromatic N) is 3. The highest BCUT2D eigenvalue weighted by Crippen LogP contribution is 2.41. The quantitative estimate of drug-likeness (QED) is 0.218. The molecule has 0 saturated carbocycles. The van der Waals surface area contributed by atoms with Crippen molar-refractivity contribution in [3.63, 3.8) is 0 Å². The Morgan fingerprint density at radius 1 is 0.476 bits per heavy atom. The smallest absolute Gasteiger partial charge is 0.235 e. The van der Waals surface area contributed by atoms with Gasteiger partial charge in [0.05, 0.1) is 22.2 Å². The Morgan fingerprint density at radius 3 is 2.10 bits per heavy atom. The maximum absolute atomic E-state index is 5.37. The number of fused-ring (bicyclic) bond motifs is 7. The van der Waals surface area contributed by atoms with Crippen LogP contribution in [0.2, 0.25) is 0 Å². The van der Waals surface area contributed by atoms with Gasteiger partial charge >= 0.3 is 0 Å². The van der Waals surface area contributed by atoms with Crippen LogP contribution in [0.3, 0.4) is 0 Å². The Bertz CT molecular complexity index is 2470. The lowest BCUT2D eigenvalue weighted by molar-refractivity contribution is 1.01. The molecule has 3 aromatic heterocycles. The fourth-order valence-electron chi connectivity index (χ4n) is 6.30. The van der Waals surface area contributed by atoms with Crippen molar-refractivity contribution < 1.29 is 0 Å². The number of benzene rings is 6. The Balaban J connectivity index is 1.35. The van der Waals surface area contributed by atoms with Crippen molar-refractivity contribution >= 4 is 64.2 Å². The molecule has 0 saturated heterocycles. The van der Waals surface area contributed by atoms with Crippen LogP contribution >= 0.6 is 11.3 Å². The SMILES string of the molecule is c1ccc(-c2ccc3c(c2)c2ccccc2n3-c2nc(-c3cccc4c3sc3ccccc34)c3ccccc3n2)cc1. The lowest BCUT2D eigenvalue weighted by Crippen LogP contribution is -2.03. The van der Waals surface area contributed by atoms with Crippen LogP contribution in [0.5, 0.6) is 0 Å². The second-order valence-electron chi connectivity index (χ2n) is 10.6. The summed E-state index contributed by atoms with van der Waals surface area (Å²) in [6.07, 6.45) is 0. The molecule has 0 aliphatic carbocycles. The van der Waals surface area contributed by atoms with Gasteiger partial charge in [-0.2, -0.15) is 0 Å². The molecule has 3 nitrogen and oxygen atoms in total. The first-order valence-electron chi connectivity index (χ1n) is 14.1. The third-order valence-electron chi connectivity index (χ3n) is 8.23. The van der Waals surface area contributed by atoms with Crippen LogP contribution in [0.4, 0.5) is 0 Å². The summed E-state index contributed by atoms with van der Waals surface area (Å²) in [6.45, 7) is 0. The van der Waals surface area contributed by atoms with Crippen molar-refractivity contribution in [3.8, 4) is 28.3 Å². The van der Waals surface area contributed by atoms with Crippen molar-refractivity contribution in [2.45, 2.75) is 0 Å². The van der Waals surface area contributed by atoms with Crippen LogP contribution in [0, 0.1) is 0 Å². The molecule has 0 N–H and O–H groups in total. The molecule has 0 unspecified atom stereocenters. The van der Waals surface area contributed by atoms with Crippen LogP contribution in [-0.2, 0) is 0 Å². The monoisotopic (exact) mass is 553 g/mol. The predicted molar refractivity (Wildman–Crippen MR) is 178 cm³/mol. The normalized spacial score (nSPS) is 11.8. The molecule has 9 aromatic rings. The van der Waals surface area contributed by atoms with Crippen molar-refractivity contribution in [1.82, 2.24) is 14.5 Å². The van der Waals surface area contributed by atoms with Crippen molar-refractivity contribution in [2.24, 2.45) is 0 Å². The lowest BCUT2D eigenvalue weighted by Gasteiger charge is -2.12. The Labute approximate surface area is 246 Å². The second kappa shape index (κ2) is 9.10. The maximum Gasteiger partial charge on any atom is 0.235 e. The largest absolute Gasteiger partial charge is 0.278 e. The van der Waals surface area contributed by atoms with E-state index in [0.29, 0.717) is 5.95 Å². The van der Waals surface area contributed by atoms with E-state index in [1.165, 1.54) is 42.1 Å². The van der Waals surface area contributed by atoms with Crippen LogP contribution in [0.25, 0.3) is 81.2 Å². The number of thiophene rings is 1. The highest BCUT2D eigenvalue weighted by atomic mass is 32.1. The summed E-state index contributed by atoms with van der Waals surface area (Å²) in [6, 6.07) is 49.4. The molecule has 0 aliphatic rings. The van der Waals surface area contributed by atoms with Crippen LogP contribution in [-0.4, -0.2) is 14.5 Å². The minimum atomic E-state index is 0.681. The third kappa shape index (κ3) is 3.46. The van der Waals surface area contributed by atoms with Gasteiger partial charge in [0.15, 0.2) is 0 Å². The zero-order valence-electron chi connectivity index (χ0n) is 22.5. The molecule has 4 heteroatoms. The van der Waals surface area contributed by atoms with Crippen LogP contribution < -0.4 is 0 Å². The Morgan fingerprint density at radius 2 is 1.19 bits per heavy atom. The summed E-state index contributed by atoms with van der Waals surface area (Å²) < 4.78 is 4.76. The first-order chi connectivity index (χ1) is 20.8. The molecule has 0 aliphatic heterocycles.